The molecule has 6 heteroatoms. The van der Waals surface area contributed by atoms with Crippen LogP contribution in [0.15, 0.2) is 78.9 Å². The predicted octanol–water partition coefficient (Wildman–Crippen LogP) is 3.70. The van der Waals surface area contributed by atoms with Crippen molar-refractivity contribution in [1.82, 2.24) is 5.32 Å². The summed E-state index contributed by atoms with van der Waals surface area (Å²) in [5.74, 6) is -0.190. The van der Waals surface area contributed by atoms with Crippen molar-refractivity contribution in [1.29, 1.82) is 0 Å². The molecule has 2 aliphatic rings. The Hall–Kier alpha value is -3.64. The molecule has 5 rings (SSSR count). The fourth-order valence-electron chi connectivity index (χ4n) is 4.95. The number of anilines is 2. The molecular weight excluding hydrogens is 402 g/mol. The van der Waals surface area contributed by atoms with Gasteiger partial charge in [0, 0.05) is 23.0 Å². The molecule has 0 saturated carbocycles. The van der Waals surface area contributed by atoms with Gasteiger partial charge < -0.3 is 15.4 Å². The first kappa shape index (κ1) is 20.3. The van der Waals surface area contributed by atoms with Crippen LogP contribution in [0.1, 0.15) is 17.5 Å². The van der Waals surface area contributed by atoms with Crippen molar-refractivity contribution in [2.24, 2.45) is 5.92 Å². The minimum Gasteiger partial charge on any atom is -0.497 e. The molecule has 1 spiro atoms. The summed E-state index contributed by atoms with van der Waals surface area (Å²) in [7, 11) is 1.60. The van der Waals surface area contributed by atoms with Crippen molar-refractivity contribution in [3.8, 4) is 5.75 Å². The van der Waals surface area contributed by atoms with E-state index in [2.05, 4.69) is 28.1 Å². The van der Waals surface area contributed by atoms with Crippen LogP contribution >= 0.6 is 0 Å². The Morgan fingerprint density at radius 3 is 2.50 bits per heavy atom. The van der Waals surface area contributed by atoms with Gasteiger partial charge in [-0.2, -0.15) is 0 Å². The number of ether oxygens (including phenoxy) is 1. The van der Waals surface area contributed by atoms with Crippen LogP contribution in [-0.4, -0.2) is 25.0 Å². The van der Waals surface area contributed by atoms with Crippen LogP contribution in [0.4, 0.5) is 11.4 Å². The lowest BCUT2D eigenvalue weighted by Crippen LogP contribution is -2.52. The molecule has 6 nitrogen and oxygen atoms in total. The lowest BCUT2D eigenvalue weighted by Gasteiger charge is -2.29. The van der Waals surface area contributed by atoms with Crippen LogP contribution in [0, 0.1) is 5.92 Å². The highest BCUT2D eigenvalue weighted by molar-refractivity contribution is 6.10. The molecule has 3 aromatic rings. The van der Waals surface area contributed by atoms with Crippen molar-refractivity contribution in [2.45, 2.75) is 24.4 Å². The second-order valence-corrected chi connectivity index (χ2v) is 8.34. The van der Waals surface area contributed by atoms with Gasteiger partial charge in [0.2, 0.25) is 11.8 Å². The van der Waals surface area contributed by atoms with Gasteiger partial charge in [0.05, 0.1) is 13.0 Å². The van der Waals surface area contributed by atoms with Crippen LogP contribution in [0.5, 0.6) is 5.75 Å². The number of nitrogens with one attached hydrogen (secondary N) is 3. The molecule has 3 atom stereocenters. The summed E-state index contributed by atoms with van der Waals surface area (Å²) in [4.78, 5) is 26.9. The van der Waals surface area contributed by atoms with E-state index in [0.717, 1.165) is 17.7 Å². The first-order valence-electron chi connectivity index (χ1n) is 10.8. The summed E-state index contributed by atoms with van der Waals surface area (Å²) in [5.41, 5.74) is 2.34. The summed E-state index contributed by atoms with van der Waals surface area (Å²) < 4.78 is 5.20. The second kappa shape index (κ2) is 8.13. The molecule has 3 N–H and O–H groups in total. The smallest absolute Gasteiger partial charge is 0.250 e. The maximum absolute atomic E-state index is 13.5. The molecule has 0 unspecified atom stereocenters. The zero-order chi connectivity index (χ0) is 22.1. The Morgan fingerprint density at radius 2 is 1.75 bits per heavy atom. The molecule has 0 aromatic heterocycles. The van der Waals surface area contributed by atoms with E-state index in [1.165, 1.54) is 5.56 Å². The van der Waals surface area contributed by atoms with Crippen molar-refractivity contribution >= 4 is 23.2 Å². The number of hydrogen-bond donors (Lipinski definition) is 3. The highest BCUT2D eigenvalue weighted by Crippen LogP contribution is 2.47. The summed E-state index contributed by atoms with van der Waals surface area (Å²) in [5, 5.41) is 9.55. The van der Waals surface area contributed by atoms with Crippen molar-refractivity contribution in [3.63, 3.8) is 0 Å². The first-order valence-corrected chi connectivity index (χ1v) is 10.8. The molecule has 2 aliphatic heterocycles. The molecule has 32 heavy (non-hydrogen) atoms. The molecule has 2 heterocycles. The van der Waals surface area contributed by atoms with E-state index in [0.29, 0.717) is 17.9 Å². The fraction of sp³-hybridized carbons (Fsp3) is 0.231. The molecule has 0 radical (unpaired) electrons. The number of para-hydroxylation sites is 1. The van der Waals surface area contributed by atoms with Gasteiger partial charge in [0.1, 0.15) is 11.3 Å². The molecule has 2 amide bonds. The predicted molar refractivity (Wildman–Crippen MR) is 124 cm³/mol. The molecule has 0 bridgehead atoms. The van der Waals surface area contributed by atoms with E-state index < -0.39 is 11.5 Å². The lowest BCUT2D eigenvalue weighted by molar-refractivity contribution is -0.130. The molecule has 3 aromatic carbocycles. The fourth-order valence-corrected chi connectivity index (χ4v) is 4.95. The molecular formula is C26H25N3O3. The van der Waals surface area contributed by atoms with E-state index in [1.807, 2.05) is 42.5 Å². The monoisotopic (exact) mass is 427 g/mol. The van der Waals surface area contributed by atoms with E-state index in [9.17, 15) is 9.59 Å². The normalized spacial score (nSPS) is 23.6. The van der Waals surface area contributed by atoms with E-state index in [-0.39, 0.29) is 17.9 Å². The summed E-state index contributed by atoms with van der Waals surface area (Å²) >= 11 is 0. The molecule has 0 aliphatic carbocycles. The van der Waals surface area contributed by atoms with Gasteiger partial charge in [-0.3, -0.25) is 14.9 Å². The maximum atomic E-state index is 13.5. The maximum Gasteiger partial charge on any atom is 0.250 e. The van der Waals surface area contributed by atoms with Gasteiger partial charge >= 0.3 is 0 Å². The summed E-state index contributed by atoms with van der Waals surface area (Å²) in [6.45, 7) is 0. The Labute approximate surface area is 187 Å². The molecule has 1 fully saturated rings. The standard InChI is InChI=1S/C26H25N3O3/c1-32-20-13-11-18(12-14-20)27-24(30)22-16-19(15-17-7-3-2-4-8-17)29-26(22)21-9-5-6-10-23(21)28-25(26)31/h2-14,19,22,29H,15-16H2,1H3,(H,27,30)(H,28,31)/t19-,22-,26+/m0/s1. The largest absolute Gasteiger partial charge is 0.497 e. The van der Waals surface area contributed by atoms with Gasteiger partial charge in [0.15, 0.2) is 0 Å². The number of fused-ring (bicyclic) bond motifs is 2. The molecule has 1 saturated heterocycles. The van der Waals surface area contributed by atoms with Crippen molar-refractivity contribution in [3.05, 3.63) is 90.0 Å². The van der Waals surface area contributed by atoms with Crippen LogP contribution in [0.2, 0.25) is 0 Å². The summed E-state index contributed by atoms with van der Waals surface area (Å²) in [6, 6.07) is 24.9. The van der Waals surface area contributed by atoms with Gasteiger partial charge in [-0.15, -0.1) is 0 Å². The third-order valence-corrected chi connectivity index (χ3v) is 6.43. The van der Waals surface area contributed by atoms with Gasteiger partial charge in [-0.25, -0.2) is 0 Å². The Kier molecular flexibility index (Phi) is 5.15. The SMILES string of the molecule is COc1ccc(NC(=O)[C@@H]2C[C@H](Cc3ccccc3)N[C@@]23C(=O)Nc2ccccc23)cc1. The first-order chi connectivity index (χ1) is 15.6. The van der Waals surface area contributed by atoms with Crippen LogP contribution in [0.25, 0.3) is 0 Å². The Morgan fingerprint density at radius 1 is 1.03 bits per heavy atom. The van der Waals surface area contributed by atoms with E-state index in [1.54, 1.807) is 31.4 Å². The van der Waals surface area contributed by atoms with E-state index >= 15 is 0 Å². The highest BCUT2D eigenvalue weighted by Gasteiger charge is 2.59. The zero-order valence-electron chi connectivity index (χ0n) is 17.8. The van der Waals surface area contributed by atoms with Gasteiger partial charge in [-0.05, 0) is 48.7 Å². The minimum atomic E-state index is -1.09. The second-order valence-electron chi connectivity index (χ2n) is 8.34. The molecule has 162 valence electrons. The number of methoxy groups -OCH3 is 1. The van der Waals surface area contributed by atoms with E-state index in [4.69, 9.17) is 4.74 Å². The van der Waals surface area contributed by atoms with Crippen LogP contribution in [0.3, 0.4) is 0 Å². The minimum absolute atomic E-state index is 0.0130. The topological polar surface area (TPSA) is 79.5 Å². The Balaban J connectivity index is 1.47. The van der Waals surface area contributed by atoms with Crippen LogP contribution in [-0.2, 0) is 21.5 Å². The van der Waals surface area contributed by atoms with Crippen molar-refractivity contribution in [2.75, 3.05) is 17.7 Å². The lowest BCUT2D eigenvalue weighted by atomic mass is 9.79. The van der Waals surface area contributed by atoms with Gasteiger partial charge in [-0.1, -0.05) is 48.5 Å². The number of hydrogen-bond acceptors (Lipinski definition) is 4. The summed E-state index contributed by atoms with van der Waals surface area (Å²) in [6.07, 6.45) is 1.29. The number of benzene rings is 3. The highest BCUT2D eigenvalue weighted by atomic mass is 16.5. The number of amides is 2. The average molecular weight is 428 g/mol. The average Bonchev–Trinajstić information content (AvgIpc) is 3.33. The van der Waals surface area contributed by atoms with Gasteiger partial charge in [0.25, 0.3) is 0 Å². The third-order valence-electron chi connectivity index (χ3n) is 6.43. The quantitative estimate of drug-likeness (QED) is 0.580. The third kappa shape index (κ3) is 3.42. The van der Waals surface area contributed by atoms with Crippen molar-refractivity contribution < 1.29 is 14.3 Å². The number of carbonyl (C=O) groups excluding carboxylic acids is 2. The van der Waals surface area contributed by atoms with Crippen LogP contribution < -0.4 is 20.7 Å². The number of carbonyl (C=O) groups is 2. The Bertz CT molecular complexity index is 1150. The number of rotatable bonds is 5. The zero-order valence-corrected chi connectivity index (χ0v) is 17.8.